The van der Waals surface area contributed by atoms with E-state index in [0.29, 0.717) is 0 Å². The van der Waals surface area contributed by atoms with Crippen LogP contribution in [0, 0.1) is 0 Å². The zero-order valence-electron chi connectivity index (χ0n) is 23.2. The summed E-state index contributed by atoms with van der Waals surface area (Å²) < 4.78 is 12.8. The van der Waals surface area contributed by atoms with Gasteiger partial charge in [0.2, 0.25) is 5.91 Å². The number of amides is 2. The van der Waals surface area contributed by atoms with Crippen LogP contribution in [0.2, 0.25) is 5.04 Å². The average molecular weight is 527 g/mol. The molecule has 2 aromatic rings. The van der Waals surface area contributed by atoms with Crippen molar-refractivity contribution in [3.05, 3.63) is 60.7 Å². The van der Waals surface area contributed by atoms with Gasteiger partial charge in [-0.3, -0.25) is 4.79 Å². The van der Waals surface area contributed by atoms with Crippen molar-refractivity contribution in [2.24, 2.45) is 0 Å². The van der Waals surface area contributed by atoms with Gasteiger partial charge in [-0.15, -0.1) is 0 Å². The van der Waals surface area contributed by atoms with Gasteiger partial charge in [-0.25, -0.2) is 4.79 Å². The number of hydrogen-bond donors (Lipinski definition) is 2. The van der Waals surface area contributed by atoms with E-state index in [4.69, 9.17) is 9.16 Å². The number of nitrogens with zero attached hydrogens (tertiary/aromatic N) is 1. The number of benzene rings is 2. The summed E-state index contributed by atoms with van der Waals surface area (Å²) in [6.45, 7) is 13.9. The highest BCUT2D eigenvalue weighted by molar-refractivity contribution is 6.99. The SMILES string of the molecule is CC(=O)N[C@@H]1CN(C(=O)OC(C)(C)C)[C@H](CO[Si](c2ccccc2)(c2ccccc2)C(C)(C)C)C[C@H]1O. The lowest BCUT2D eigenvalue weighted by molar-refractivity contribution is -0.121. The lowest BCUT2D eigenvalue weighted by atomic mass is 9.96. The summed E-state index contributed by atoms with van der Waals surface area (Å²) in [6.07, 6.45) is -1.02. The molecule has 1 aliphatic heterocycles. The fraction of sp³-hybridized carbons (Fsp3) is 0.517. The standard InChI is InChI=1S/C29H42N2O5Si/c1-21(32)30-25-19-31(27(34)36-28(2,3)4)22(18-26(25)33)20-35-37(29(5,6)7,23-14-10-8-11-15-23)24-16-12-9-13-17-24/h8-17,22,25-26,33H,18-20H2,1-7H3,(H,30,32)/t22-,25+,26+/m0/s1. The molecule has 2 aromatic carbocycles. The van der Waals surface area contributed by atoms with E-state index in [1.165, 1.54) is 6.92 Å². The molecule has 202 valence electrons. The monoisotopic (exact) mass is 526 g/mol. The molecule has 0 radical (unpaired) electrons. The van der Waals surface area contributed by atoms with E-state index >= 15 is 0 Å². The van der Waals surface area contributed by atoms with Gasteiger partial charge in [-0.05, 0) is 42.6 Å². The summed E-state index contributed by atoms with van der Waals surface area (Å²) in [5, 5.41) is 15.7. The fourth-order valence-corrected chi connectivity index (χ4v) is 9.74. The predicted octanol–water partition coefficient (Wildman–Crippen LogP) is 3.44. The first-order valence-corrected chi connectivity index (χ1v) is 14.9. The number of carbonyl (C=O) groups is 2. The average Bonchev–Trinajstić information content (AvgIpc) is 2.80. The molecule has 0 bridgehead atoms. The van der Waals surface area contributed by atoms with Crippen LogP contribution < -0.4 is 15.7 Å². The Morgan fingerprint density at radius 1 is 0.973 bits per heavy atom. The Bertz CT molecular complexity index is 1010. The van der Waals surface area contributed by atoms with Crippen LogP contribution in [0.1, 0.15) is 54.9 Å². The number of rotatable bonds is 6. The molecule has 1 fully saturated rings. The maximum Gasteiger partial charge on any atom is 0.410 e. The van der Waals surface area contributed by atoms with Crippen LogP contribution in [0.5, 0.6) is 0 Å². The summed E-state index contributed by atoms with van der Waals surface area (Å²) in [7, 11) is -2.84. The van der Waals surface area contributed by atoms with Crippen LogP contribution in [-0.2, 0) is 14.0 Å². The van der Waals surface area contributed by atoms with Gasteiger partial charge >= 0.3 is 6.09 Å². The third-order valence-electron chi connectivity index (χ3n) is 6.74. The van der Waals surface area contributed by atoms with Crippen molar-refractivity contribution in [2.45, 2.75) is 83.7 Å². The first-order valence-electron chi connectivity index (χ1n) is 12.9. The molecule has 0 aliphatic carbocycles. The molecular weight excluding hydrogens is 484 g/mol. The van der Waals surface area contributed by atoms with Crippen molar-refractivity contribution in [2.75, 3.05) is 13.2 Å². The van der Waals surface area contributed by atoms with Gasteiger partial charge in [0.15, 0.2) is 0 Å². The number of hydrogen-bond acceptors (Lipinski definition) is 5. The quantitative estimate of drug-likeness (QED) is 0.563. The Hall–Kier alpha value is -2.68. The summed E-state index contributed by atoms with van der Waals surface area (Å²) in [6, 6.07) is 19.6. The van der Waals surface area contributed by atoms with Gasteiger partial charge in [-0.2, -0.15) is 0 Å². The maximum atomic E-state index is 13.3. The molecular formula is C29H42N2O5Si. The van der Waals surface area contributed by atoms with E-state index < -0.39 is 38.2 Å². The third-order valence-corrected chi connectivity index (χ3v) is 11.7. The second-order valence-electron chi connectivity index (χ2n) is 11.9. The van der Waals surface area contributed by atoms with E-state index in [9.17, 15) is 14.7 Å². The maximum absolute atomic E-state index is 13.3. The van der Waals surface area contributed by atoms with Crippen molar-refractivity contribution >= 4 is 30.7 Å². The van der Waals surface area contributed by atoms with Crippen LogP contribution in [0.15, 0.2) is 60.7 Å². The number of aliphatic hydroxyl groups is 1. The Labute approximate surface area is 222 Å². The fourth-order valence-electron chi connectivity index (χ4n) is 5.14. The van der Waals surface area contributed by atoms with Crippen molar-refractivity contribution in [3.63, 3.8) is 0 Å². The van der Waals surface area contributed by atoms with E-state index in [-0.39, 0.29) is 30.5 Å². The highest BCUT2D eigenvalue weighted by Crippen LogP contribution is 2.37. The van der Waals surface area contributed by atoms with E-state index in [0.717, 1.165) is 10.4 Å². The molecule has 1 heterocycles. The van der Waals surface area contributed by atoms with Gasteiger partial charge in [0.25, 0.3) is 8.32 Å². The summed E-state index contributed by atoms with van der Waals surface area (Å²) in [4.78, 5) is 26.6. The number of carbonyl (C=O) groups excluding carboxylic acids is 2. The minimum Gasteiger partial charge on any atom is -0.444 e. The van der Waals surface area contributed by atoms with Crippen molar-refractivity contribution in [1.82, 2.24) is 10.2 Å². The van der Waals surface area contributed by atoms with Crippen LogP contribution in [-0.4, -0.2) is 67.3 Å². The van der Waals surface area contributed by atoms with Gasteiger partial charge in [0, 0.05) is 13.5 Å². The van der Waals surface area contributed by atoms with Crippen LogP contribution in [0.4, 0.5) is 4.79 Å². The van der Waals surface area contributed by atoms with E-state index in [2.05, 4.69) is 50.4 Å². The van der Waals surface area contributed by atoms with Crippen molar-refractivity contribution in [3.8, 4) is 0 Å². The number of likely N-dealkylation sites (tertiary alicyclic amines) is 1. The van der Waals surface area contributed by atoms with E-state index in [1.807, 2.05) is 57.2 Å². The normalized spacial score (nSPS) is 20.9. The first kappa shape index (κ1) is 28.9. The zero-order chi connectivity index (χ0) is 27.4. The minimum absolute atomic E-state index is 0.143. The summed E-state index contributed by atoms with van der Waals surface area (Å²) >= 11 is 0. The lowest BCUT2D eigenvalue weighted by Gasteiger charge is -2.46. The first-order chi connectivity index (χ1) is 17.2. The molecule has 0 saturated carbocycles. The molecule has 3 atom stereocenters. The second kappa shape index (κ2) is 11.4. The van der Waals surface area contributed by atoms with Crippen molar-refractivity contribution < 1.29 is 23.9 Å². The summed E-state index contributed by atoms with van der Waals surface area (Å²) in [5.41, 5.74) is -0.681. The molecule has 0 spiro atoms. The Kier molecular flexibility index (Phi) is 8.88. The van der Waals surface area contributed by atoms with Gasteiger partial charge in [-0.1, -0.05) is 81.4 Å². The molecule has 1 saturated heterocycles. The second-order valence-corrected chi connectivity index (χ2v) is 16.2. The number of ether oxygens (including phenoxy) is 1. The van der Waals surface area contributed by atoms with Crippen LogP contribution in [0.25, 0.3) is 0 Å². The minimum atomic E-state index is -2.84. The summed E-state index contributed by atoms with van der Waals surface area (Å²) in [5.74, 6) is -0.254. The molecule has 3 rings (SSSR count). The number of aliphatic hydroxyl groups excluding tert-OH is 1. The van der Waals surface area contributed by atoms with Gasteiger partial charge < -0.3 is 24.5 Å². The van der Waals surface area contributed by atoms with Gasteiger partial charge in [0.05, 0.1) is 24.8 Å². The molecule has 2 amide bonds. The molecule has 2 N–H and O–H groups in total. The molecule has 0 unspecified atom stereocenters. The topological polar surface area (TPSA) is 88.1 Å². The highest BCUT2D eigenvalue weighted by Gasteiger charge is 2.51. The molecule has 8 heteroatoms. The Morgan fingerprint density at radius 3 is 1.92 bits per heavy atom. The Morgan fingerprint density at radius 2 is 1.49 bits per heavy atom. The molecule has 37 heavy (non-hydrogen) atoms. The van der Waals surface area contributed by atoms with E-state index in [1.54, 1.807) is 4.90 Å². The smallest absolute Gasteiger partial charge is 0.410 e. The van der Waals surface area contributed by atoms with Crippen LogP contribution >= 0.6 is 0 Å². The molecule has 7 nitrogen and oxygen atoms in total. The highest BCUT2D eigenvalue weighted by atomic mass is 28.4. The zero-order valence-corrected chi connectivity index (χ0v) is 24.2. The van der Waals surface area contributed by atoms with Crippen LogP contribution in [0.3, 0.4) is 0 Å². The van der Waals surface area contributed by atoms with Gasteiger partial charge in [0.1, 0.15) is 5.60 Å². The molecule has 0 aromatic heterocycles. The predicted molar refractivity (Wildman–Crippen MR) is 149 cm³/mol. The van der Waals surface area contributed by atoms with Crippen molar-refractivity contribution in [1.29, 1.82) is 0 Å². The molecule has 1 aliphatic rings. The number of nitrogens with one attached hydrogen (secondary N) is 1. The number of piperidine rings is 1. The lowest BCUT2D eigenvalue weighted by Crippen LogP contribution is -2.68. The largest absolute Gasteiger partial charge is 0.444 e. The Balaban J connectivity index is 2.00. The third kappa shape index (κ3) is 6.80.